The van der Waals surface area contributed by atoms with Crippen LogP contribution in [0.4, 0.5) is 3.89 Å². The molecule has 0 fully saturated rings. The minimum absolute atomic E-state index is 0.0498. The van der Waals surface area contributed by atoms with Gasteiger partial charge in [0.15, 0.2) is 0 Å². The number of halogens is 1. The Labute approximate surface area is 83.4 Å². The number of H-pyrrole nitrogens is 2. The summed E-state index contributed by atoms with van der Waals surface area (Å²) in [7, 11) is -4.88. The molecule has 0 unspecified atom stereocenters. The van der Waals surface area contributed by atoms with Crippen molar-refractivity contribution in [3.8, 4) is 0 Å². The minimum atomic E-state index is -4.88. The van der Waals surface area contributed by atoms with Gasteiger partial charge in [0.05, 0.1) is 6.33 Å². The van der Waals surface area contributed by atoms with Crippen molar-refractivity contribution in [3.05, 3.63) is 22.4 Å². The highest BCUT2D eigenvalue weighted by atomic mass is 32.3. The van der Waals surface area contributed by atoms with Crippen LogP contribution in [0.15, 0.2) is 16.0 Å². The molecule has 2 aromatic heterocycles. The average molecular weight is 231 g/mol. The molecule has 0 aliphatic rings. The first-order chi connectivity index (χ1) is 6.91. The zero-order chi connectivity index (χ0) is 11.2. The molecule has 8 heteroatoms. The quantitative estimate of drug-likeness (QED) is 0.686. The van der Waals surface area contributed by atoms with Crippen LogP contribution in [0.5, 0.6) is 0 Å². The number of hydrogen-bond acceptors (Lipinski definition) is 4. The molecule has 0 aliphatic carbocycles. The molecule has 0 atom stereocenters. The fourth-order valence-corrected chi connectivity index (χ4v) is 2.21. The summed E-state index contributed by atoms with van der Waals surface area (Å²) >= 11 is 0. The molecule has 0 aliphatic heterocycles. The van der Waals surface area contributed by atoms with Crippen LogP contribution in [0.2, 0.25) is 0 Å². The fourth-order valence-electron chi connectivity index (χ4n) is 1.41. The third-order valence-corrected chi connectivity index (χ3v) is 2.95. The Morgan fingerprint density at radius 2 is 2.13 bits per heavy atom. The van der Waals surface area contributed by atoms with E-state index in [1.165, 1.54) is 6.92 Å². The summed E-state index contributed by atoms with van der Waals surface area (Å²) < 4.78 is 34.5. The second-order valence-electron chi connectivity index (χ2n) is 2.97. The summed E-state index contributed by atoms with van der Waals surface area (Å²) in [6.45, 7) is 1.35. The van der Waals surface area contributed by atoms with Gasteiger partial charge in [0, 0.05) is 5.69 Å². The molecule has 0 bridgehead atoms. The van der Waals surface area contributed by atoms with Gasteiger partial charge in [-0.1, -0.05) is 0 Å². The Morgan fingerprint density at radius 1 is 1.47 bits per heavy atom. The van der Waals surface area contributed by atoms with Crippen LogP contribution in [0.3, 0.4) is 0 Å². The van der Waals surface area contributed by atoms with Crippen LogP contribution >= 0.6 is 0 Å². The van der Waals surface area contributed by atoms with Gasteiger partial charge in [-0.3, -0.25) is 4.79 Å². The normalized spacial score (nSPS) is 12.1. The Hall–Kier alpha value is -1.70. The molecule has 0 amide bonds. The highest BCUT2D eigenvalue weighted by Crippen LogP contribution is 2.23. The predicted molar refractivity (Wildman–Crippen MR) is 49.7 cm³/mol. The van der Waals surface area contributed by atoms with Crippen molar-refractivity contribution >= 4 is 21.3 Å². The first-order valence-electron chi connectivity index (χ1n) is 3.92. The Balaban J connectivity index is 3.06. The monoisotopic (exact) mass is 231 g/mol. The first-order valence-corrected chi connectivity index (χ1v) is 5.30. The van der Waals surface area contributed by atoms with E-state index in [-0.39, 0.29) is 16.7 Å². The molecule has 0 aromatic carbocycles. The first kappa shape index (κ1) is 9.84. The predicted octanol–water partition coefficient (Wildman–Crippen LogP) is 0.218. The van der Waals surface area contributed by atoms with Crippen LogP contribution in [0, 0.1) is 6.92 Å². The average Bonchev–Trinajstić information content (AvgIpc) is 2.41. The molecule has 15 heavy (non-hydrogen) atoms. The van der Waals surface area contributed by atoms with Crippen molar-refractivity contribution in [1.29, 1.82) is 0 Å². The number of nitrogens with one attached hydrogen (secondary N) is 2. The second-order valence-corrected chi connectivity index (χ2v) is 4.26. The van der Waals surface area contributed by atoms with Gasteiger partial charge in [-0.15, -0.1) is 3.89 Å². The van der Waals surface area contributed by atoms with E-state index in [2.05, 4.69) is 15.0 Å². The van der Waals surface area contributed by atoms with E-state index in [0.29, 0.717) is 0 Å². The van der Waals surface area contributed by atoms with Crippen molar-refractivity contribution in [2.45, 2.75) is 11.8 Å². The number of rotatable bonds is 1. The van der Waals surface area contributed by atoms with E-state index < -0.39 is 20.7 Å². The van der Waals surface area contributed by atoms with Crippen LogP contribution < -0.4 is 5.56 Å². The number of aromatic nitrogens is 3. The van der Waals surface area contributed by atoms with Crippen molar-refractivity contribution < 1.29 is 12.3 Å². The lowest BCUT2D eigenvalue weighted by Gasteiger charge is -1.91. The number of hydrogen-bond donors (Lipinski definition) is 2. The molecule has 2 heterocycles. The second kappa shape index (κ2) is 2.89. The summed E-state index contributed by atoms with van der Waals surface area (Å²) in [5.41, 5.74) is -0.723. The van der Waals surface area contributed by atoms with Crippen molar-refractivity contribution in [1.82, 2.24) is 15.0 Å². The zero-order valence-electron chi connectivity index (χ0n) is 7.54. The Morgan fingerprint density at radius 3 is 2.73 bits per heavy atom. The molecule has 80 valence electrons. The lowest BCUT2D eigenvalue weighted by Crippen LogP contribution is -2.06. The lowest BCUT2D eigenvalue weighted by molar-refractivity contribution is 0.552. The summed E-state index contributed by atoms with van der Waals surface area (Å²) in [5.74, 6) is 0. The van der Waals surface area contributed by atoms with Gasteiger partial charge in [-0.05, 0) is 6.92 Å². The SMILES string of the molecule is Cc1[nH]c2c(=O)[nH]cnc2c1S(=O)(=O)F. The van der Waals surface area contributed by atoms with E-state index >= 15 is 0 Å². The Bertz CT molecular complexity index is 685. The van der Waals surface area contributed by atoms with Crippen LogP contribution in [0.25, 0.3) is 11.0 Å². The maximum Gasteiger partial charge on any atom is 0.336 e. The van der Waals surface area contributed by atoms with Crippen LogP contribution in [0.1, 0.15) is 5.69 Å². The largest absolute Gasteiger partial charge is 0.352 e. The van der Waals surface area contributed by atoms with Gasteiger partial charge in [0.1, 0.15) is 15.9 Å². The molecule has 2 N–H and O–H groups in total. The van der Waals surface area contributed by atoms with E-state index in [4.69, 9.17) is 0 Å². The zero-order valence-corrected chi connectivity index (χ0v) is 8.35. The molecule has 2 rings (SSSR count). The summed E-state index contributed by atoms with van der Waals surface area (Å²) in [6.07, 6.45) is 1.02. The third-order valence-electron chi connectivity index (χ3n) is 1.97. The van der Waals surface area contributed by atoms with Gasteiger partial charge in [0.2, 0.25) is 0 Å². The molecule has 0 saturated heterocycles. The summed E-state index contributed by atoms with van der Waals surface area (Å²) in [4.78, 5) is 19.0. The standard InChI is InChI=1S/C7H6FN3O3S/c1-3-6(15(8,13)14)4-5(11-3)7(12)10-2-9-4/h2,11H,1H3,(H,9,10,12). The lowest BCUT2D eigenvalue weighted by atomic mass is 10.4. The molecule has 0 saturated carbocycles. The number of nitrogens with zero attached hydrogens (tertiary/aromatic N) is 1. The third kappa shape index (κ3) is 1.42. The van der Waals surface area contributed by atoms with E-state index in [0.717, 1.165) is 6.33 Å². The van der Waals surface area contributed by atoms with Gasteiger partial charge >= 0.3 is 10.2 Å². The smallest absolute Gasteiger partial charge is 0.336 e. The van der Waals surface area contributed by atoms with Gasteiger partial charge < -0.3 is 9.97 Å². The van der Waals surface area contributed by atoms with Gasteiger partial charge in [0.25, 0.3) is 5.56 Å². The Kier molecular flexibility index (Phi) is 1.90. The molecule has 2 aromatic rings. The van der Waals surface area contributed by atoms with Gasteiger partial charge in [-0.25, -0.2) is 4.98 Å². The van der Waals surface area contributed by atoms with Crippen molar-refractivity contribution in [2.24, 2.45) is 0 Å². The number of aromatic amines is 2. The highest BCUT2D eigenvalue weighted by Gasteiger charge is 2.23. The minimum Gasteiger partial charge on any atom is -0.352 e. The fraction of sp³-hybridized carbons (Fsp3) is 0.143. The molecule has 0 spiro atoms. The van der Waals surface area contributed by atoms with E-state index in [1.54, 1.807) is 0 Å². The molecule has 0 radical (unpaired) electrons. The maximum atomic E-state index is 12.9. The van der Waals surface area contributed by atoms with E-state index in [1.807, 2.05) is 0 Å². The van der Waals surface area contributed by atoms with Crippen molar-refractivity contribution in [3.63, 3.8) is 0 Å². The molecular weight excluding hydrogens is 225 g/mol. The van der Waals surface area contributed by atoms with Crippen LogP contribution in [-0.2, 0) is 10.2 Å². The van der Waals surface area contributed by atoms with Crippen LogP contribution in [-0.4, -0.2) is 23.4 Å². The maximum absolute atomic E-state index is 12.9. The highest BCUT2D eigenvalue weighted by molar-refractivity contribution is 7.86. The summed E-state index contributed by atoms with van der Waals surface area (Å²) in [5, 5.41) is 0. The number of fused-ring (bicyclic) bond motifs is 1. The topological polar surface area (TPSA) is 95.7 Å². The van der Waals surface area contributed by atoms with Crippen molar-refractivity contribution in [2.75, 3.05) is 0 Å². The van der Waals surface area contributed by atoms with Gasteiger partial charge in [-0.2, -0.15) is 8.42 Å². The summed E-state index contributed by atoms with van der Waals surface area (Å²) in [6, 6.07) is 0. The number of aryl methyl sites for hydroxylation is 1. The molecular formula is C7H6FN3O3S. The molecule has 6 nitrogen and oxygen atoms in total. The van der Waals surface area contributed by atoms with E-state index in [9.17, 15) is 17.1 Å².